The Hall–Kier alpha value is -0.610. The van der Waals surface area contributed by atoms with Crippen molar-refractivity contribution in [2.75, 3.05) is 27.2 Å². The van der Waals surface area contributed by atoms with Crippen LogP contribution in [0.2, 0.25) is 0 Å². The van der Waals surface area contributed by atoms with Gasteiger partial charge in [-0.1, -0.05) is 13.3 Å². The summed E-state index contributed by atoms with van der Waals surface area (Å²) in [5, 5.41) is 10.2. The summed E-state index contributed by atoms with van der Waals surface area (Å²) in [5.74, 6) is -0.161. The molecule has 14 heavy (non-hydrogen) atoms. The average molecular weight is 202 g/mol. The van der Waals surface area contributed by atoms with Crippen LogP contribution in [0.3, 0.4) is 0 Å². The summed E-state index contributed by atoms with van der Waals surface area (Å²) in [4.78, 5) is 13.3. The molecule has 0 aromatic heterocycles. The van der Waals surface area contributed by atoms with E-state index in [1.807, 2.05) is 25.9 Å². The summed E-state index contributed by atoms with van der Waals surface area (Å²) in [6, 6.07) is 0. The van der Waals surface area contributed by atoms with Crippen LogP contribution in [0.1, 0.15) is 32.6 Å². The Morgan fingerprint density at radius 2 is 1.86 bits per heavy atom. The number of rotatable bonds is 7. The van der Waals surface area contributed by atoms with Crippen molar-refractivity contribution in [2.45, 2.75) is 32.6 Å². The molecule has 1 amide bonds. The molecule has 0 spiro atoms. The molecule has 0 rings (SSSR count). The summed E-state index contributed by atoms with van der Waals surface area (Å²) in [6.07, 6.45) is 3.09. The van der Waals surface area contributed by atoms with Crippen LogP contribution in [0.25, 0.3) is 0 Å². The van der Waals surface area contributed by atoms with Gasteiger partial charge < -0.3 is 4.90 Å². The second-order valence-electron chi connectivity index (χ2n) is 3.78. The van der Waals surface area contributed by atoms with Crippen LogP contribution in [0.5, 0.6) is 0 Å². The van der Waals surface area contributed by atoms with E-state index >= 15 is 0 Å². The zero-order chi connectivity index (χ0) is 11.0. The van der Waals surface area contributed by atoms with Gasteiger partial charge in [-0.3, -0.25) is 10.0 Å². The van der Waals surface area contributed by atoms with Gasteiger partial charge >= 0.3 is 0 Å². The first-order chi connectivity index (χ1) is 6.57. The van der Waals surface area contributed by atoms with Crippen LogP contribution in [0, 0.1) is 0 Å². The van der Waals surface area contributed by atoms with Crippen LogP contribution in [0.4, 0.5) is 0 Å². The smallest absolute Gasteiger partial charge is 0.245 e. The monoisotopic (exact) mass is 202 g/mol. The topological polar surface area (TPSA) is 43.8 Å². The van der Waals surface area contributed by atoms with Gasteiger partial charge in [0.25, 0.3) is 0 Å². The first-order valence-corrected chi connectivity index (χ1v) is 5.22. The zero-order valence-corrected chi connectivity index (χ0v) is 9.49. The molecule has 0 atom stereocenters. The number of amides is 1. The molecule has 0 aliphatic rings. The van der Waals surface area contributed by atoms with E-state index in [0.717, 1.165) is 30.9 Å². The van der Waals surface area contributed by atoms with E-state index in [9.17, 15) is 10.0 Å². The highest BCUT2D eigenvalue weighted by Crippen LogP contribution is 1.99. The van der Waals surface area contributed by atoms with Gasteiger partial charge in [0.05, 0.1) is 0 Å². The predicted molar refractivity (Wildman–Crippen MR) is 56.2 cm³/mol. The highest BCUT2D eigenvalue weighted by Gasteiger charge is 2.08. The van der Waals surface area contributed by atoms with Crippen LogP contribution >= 0.6 is 0 Å². The van der Waals surface area contributed by atoms with E-state index in [4.69, 9.17) is 0 Å². The SMILES string of the molecule is CCCCC(=O)N(O)CCCN(C)C. The molecule has 0 aliphatic heterocycles. The number of hydrogen-bond acceptors (Lipinski definition) is 3. The molecule has 84 valence electrons. The first kappa shape index (κ1) is 13.4. The van der Waals surface area contributed by atoms with Gasteiger partial charge in [0.15, 0.2) is 0 Å². The highest BCUT2D eigenvalue weighted by molar-refractivity contribution is 5.74. The molecule has 0 saturated heterocycles. The lowest BCUT2D eigenvalue weighted by Gasteiger charge is -2.16. The van der Waals surface area contributed by atoms with E-state index in [-0.39, 0.29) is 5.91 Å². The molecule has 0 heterocycles. The number of hydrogen-bond donors (Lipinski definition) is 1. The van der Waals surface area contributed by atoms with Gasteiger partial charge in [-0.15, -0.1) is 0 Å². The molecule has 0 aromatic carbocycles. The van der Waals surface area contributed by atoms with Gasteiger partial charge in [0.2, 0.25) is 5.91 Å². The van der Waals surface area contributed by atoms with Crippen molar-refractivity contribution in [1.82, 2.24) is 9.96 Å². The molecule has 0 aromatic rings. The standard InChI is InChI=1S/C10H22N2O2/c1-4-5-7-10(13)12(14)9-6-8-11(2)3/h14H,4-9H2,1-3H3. The molecule has 0 fully saturated rings. The number of nitrogens with zero attached hydrogens (tertiary/aromatic N) is 2. The lowest BCUT2D eigenvalue weighted by molar-refractivity contribution is -0.165. The maximum absolute atomic E-state index is 11.2. The van der Waals surface area contributed by atoms with E-state index in [1.54, 1.807) is 0 Å². The molecule has 4 heteroatoms. The quantitative estimate of drug-likeness (QED) is 0.500. The second kappa shape index (κ2) is 7.76. The minimum Gasteiger partial charge on any atom is -0.309 e. The molecule has 0 aliphatic carbocycles. The molecule has 0 unspecified atom stereocenters. The maximum atomic E-state index is 11.2. The summed E-state index contributed by atoms with van der Waals surface area (Å²) in [5.41, 5.74) is 0. The van der Waals surface area contributed by atoms with Crippen molar-refractivity contribution in [3.8, 4) is 0 Å². The molecule has 4 nitrogen and oxygen atoms in total. The molecule has 0 bridgehead atoms. The summed E-state index contributed by atoms with van der Waals surface area (Å²) in [6.45, 7) is 3.35. The lowest BCUT2D eigenvalue weighted by atomic mass is 10.2. The fourth-order valence-electron chi connectivity index (χ4n) is 1.12. The Bertz CT molecular complexity index is 160. The Labute approximate surface area is 86.5 Å². The summed E-state index contributed by atoms with van der Waals surface area (Å²) < 4.78 is 0. The Balaban J connectivity index is 3.51. The van der Waals surface area contributed by atoms with Crippen molar-refractivity contribution >= 4 is 5.91 Å². The zero-order valence-electron chi connectivity index (χ0n) is 9.49. The third-order valence-corrected chi connectivity index (χ3v) is 2.01. The lowest BCUT2D eigenvalue weighted by Crippen LogP contribution is -2.30. The first-order valence-electron chi connectivity index (χ1n) is 5.22. The number of carbonyl (C=O) groups is 1. The maximum Gasteiger partial charge on any atom is 0.245 e. The van der Waals surface area contributed by atoms with E-state index in [1.165, 1.54) is 0 Å². The number of unbranched alkanes of at least 4 members (excludes halogenated alkanes) is 1. The van der Waals surface area contributed by atoms with Gasteiger partial charge in [-0.25, -0.2) is 5.06 Å². The molecule has 0 radical (unpaired) electrons. The number of carbonyl (C=O) groups excluding carboxylic acids is 1. The molecule has 0 saturated carbocycles. The van der Waals surface area contributed by atoms with Crippen LogP contribution < -0.4 is 0 Å². The van der Waals surface area contributed by atoms with E-state index in [0.29, 0.717) is 13.0 Å². The van der Waals surface area contributed by atoms with Crippen LogP contribution in [-0.2, 0) is 4.79 Å². The Morgan fingerprint density at radius 3 is 2.36 bits per heavy atom. The van der Waals surface area contributed by atoms with Crippen molar-refractivity contribution in [3.63, 3.8) is 0 Å². The van der Waals surface area contributed by atoms with Gasteiger partial charge in [0, 0.05) is 13.0 Å². The van der Waals surface area contributed by atoms with Crippen molar-refractivity contribution in [3.05, 3.63) is 0 Å². The van der Waals surface area contributed by atoms with Gasteiger partial charge in [-0.05, 0) is 33.5 Å². The third-order valence-electron chi connectivity index (χ3n) is 2.01. The van der Waals surface area contributed by atoms with Crippen molar-refractivity contribution in [1.29, 1.82) is 0 Å². The summed E-state index contributed by atoms with van der Waals surface area (Å²) >= 11 is 0. The van der Waals surface area contributed by atoms with E-state index < -0.39 is 0 Å². The summed E-state index contributed by atoms with van der Waals surface area (Å²) in [7, 11) is 3.95. The molecule has 1 N–H and O–H groups in total. The minimum atomic E-state index is -0.161. The van der Waals surface area contributed by atoms with E-state index in [2.05, 4.69) is 0 Å². The predicted octanol–water partition coefficient (Wildman–Crippen LogP) is 1.35. The van der Waals surface area contributed by atoms with Crippen LogP contribution in [-0.4, -0.2) is 48.3 Å². The Kier molecular flexibility index (Phi) is 7.42. The number of hydroxylamine groups is 2. The molecular weight excluding hydrogens is 180 g/mol. The highest BCUT2D eigenvalue weighted by atomic mass is 16.5. The fraction of sp³-hybridized carbons (Fsp3) is 0.900. The average Bonchev–Trinajstić information content (AvgIpc) is 2.13. The second-order valence-corrected chi connectivity index (χ2v) is 3.78. The van der Waals surface area contributed by atoms with Crippen molar-refractivity contribution < 1.29 is 10.0 Å². The van der Waals surface area contributed by atoms with Gasteiger partial charge in [-0.2, -0.15) is 0 Å². The van der Waals surface area contributed by atoms with Gasteiger partial charge in [0.1, 0.15) is 0 Å². The third kappa shape index (κ3) is 6.86. The van der Waals surface area contributed by atoms with Crippen molar-refractivity contribution in [2.24, 2.45) is 0 Å². The molecular formula is C10H22N2O2. The van der Waals surface area contributed by atoms with Crippen LogP contribution in [0.15, 0.2) is 0 Å². The fourth-order valence-corrected chi connectivity index (χ4v) is 1.12. The minimum absolute atomic E-state index is 0.161. The largest absolute Gasteiger partial charge is 0.309 e. The Morgan fingerprint density at radius 1 is 1.21 bits per heavy atom. The normalized spacial score (nSPS) is 10.6.